The second-order valence-corrected chi connectivity index (χ2v) is 5.54. The van der Waals surface area contributed by atoms with E-state index in [1.54, 1.807) is 4.90 Å². The van der Waals surface area contributed by atoms with E-state index in [-0.39, 0.29) is 18.5 Å². The Morgan fingerprint density at radius 3 is 2.86 bits per heavy atom. The van der Waals surface area contributed by atoms with Crippen LogP contribution in [0.1, 0.15) is 37.3 Å². The van der Waals surface area contributed by atoms with Crippen LogP contribution in [-0.4, -0.2) is 29.7 Å². The molecular formula is C16H22N2O3. The Labute approximate surface area is 125 Å². The van der Waals surface area contributed by atoms with Crippen molar-refractivity contribution < 1.29 is 14.7 Å². The van der Waals surface area contributed by atoms with E-state index in [2.05, 4.69) is 11.4 Å². The number of aryl methyl sites for hydroxylation is 2. The van der Waals surface area contributed by atoms with Crippen molar-refractivity contribution in [3.05, 3.63) is 29.3 Å². The van der Waals surface area contributed by atoms with Crippen LogP contribution in [0.3, 0.4) is 0 Å². The van der Waals surface area contributed by atoms with Gasteiger partial charge < -0.3 is 10.4 Å². The molecule has 2 N–H and O–H groups in total. The summed E-state index contributed by atoms with van der Waals surface area (Å²) in [5.74, 6) is -0.892. The van der Waals surface area contributed by atoms with E-state index in [1.807, 2.05) is 26.0 Å². The summed E-state index contributed by atoms with van der Waals surface area (Å²) in [6, 6.07) is 5.56. The molecule has 0 aromatic heterocycles. The van der Waals surface area contributed by atoms with E-state index in [9.17, 15) is 9.59 Å². The van der Waals surface area contributed by atoms with E-state index >= 15 is 0 Å². The van der Waals surface area contributed by atoms with Gasteiger partial charge in [0.25, 0.3) is 0 Å². The maximum Gasteiger partial charge on any atom is 0.322 e. The Morgan fingerprint density at radius 1 is 1.43 bits per heavy atom. The van der Waals surface area contributed by atoms with E-state index in [4.69, 9.17) is 5.11 Å². The van der Waals surface area contributed by atoms with Crippen molar-refractivity contribution in [1.82, 2.24) is 5.32 Å². The van der Waals surface area contributed by atoms with Crippen LogP contribution in [0.5, 0.6) is 0 Å². The predicted octanol–water partition coefficient (Wildman–Crippen LogP) is 2.71. The Kier molecular flexibility index (Phi) is 4.83. The van der Waals surface area contributed by atoms with E-state index in [0.29, 0.717) is 13.0 Å². The van der Waals surface area contributed by atoms with Crippen LogP contribution >= 0.6 is 0 Å². The zero-order chi connectivity index (χ0) is 15.4. The number of hydrogen-bond donors (Lipinski definition) is 2. The van der Waals surface area contributed by atoms with Crippen molar-refractivity contribution in [3.8, 4) is 0 Å². The van der Waals surface area contributed by atoms with Gasteiger partial charge in [0.1, 0.15) is 0 Å². The van der Waals surface area contributed by atoms with Crippen LogP contribution in [0.15, 0.2) is 18.2 Å². The maximum atomic E-state index is 12.4. The van der Waals surface area contributed by atoms with Crippen molar-refractivity contribution in [2.24, 2.45) is 0 Å². The minimum atomic E-state index is -0.892. The topological polar surface area (TPSA) is 69.6 Å². The maximum absolute atomic E-state index is 12.4. The second kappa shape index (κ2) is 6.61. The molecule has 0 radical (unpaired) electrons. The predicted molar refractivity (Wildman–Crippen MR) is 81.7 cm³/mol. The molecule has 1 aromatic rings. The molecule has 0 saturated carbocycles. The SMILES string of the molecule is CCC(CC(=O)O)NC(=O)N1CCCc2cc(C)ccc21. The Bertz CT molecular complexity index is 542. The number of nitrogens with zero attached hydrogens (tertiary/aromatic N) is 1. The van der Waals surface area contributed by atoms with Crippen LogP contribution in [0.4, 0.5) is 10.5 Å². The molecule has 114 valence electrons. The highest BCUT2D eigenvalue weighted by atomic mass is 16.4. The van der Waals surface area contributed by atoms with Gasteiger partial charge in [-0.1, -0.05) is 24.6 Å². The van der Waals surface area contributed by atoms with Gasteiger partial charge in [-0.3, -0.25) is 9.69 Å². The standard InChI is InChI=1S/C16H22N2O3/c1-3-13(10-15(19)20)17-16(21)18-8-4-5-12-9-11(2)6-7-14(12)18/h6-7,9,13H,3-5,8,10H2,1-2H3,(H,17,21)(H,19,20). The summed E-state index contributed by atoms with van der Waals surface area (Å²) in [5.41, 5.74) is 3.31. The number of carbonyl (C=O) groups is 2. The van der Waals surface area contributed by atoms with Gasteiger partial charge in [0.15, 0.2) is 0 Å². The number of carboxylic acids is 1. The molecule has 1 atom stereocenters. The molecule has 0 fully saturated rings. The molecular weight excluding hydrogens is 268 g/mol. The number of amides is 2. The first-order valence-electron chi connectivity index (χ1n) is 7.40. The van der Waals surface area contributed by atoms with Gasteiger partial charge in [-0.25, -0.2) is 4.79 Å². The Morgan fingerprint density at radius 2 is 2.19 bits per heavy atom. The first-order chi connectivity index (χ1) is 10.0. The summed E-state index contributed by atoms with van der Waals surface area (Å²) in [6.07, 6.45) is 2.47. The summed E-state index contributed by atoms with van der Waals surface area (Å²) >= 11 is 0. The van der Waals surface area contributed by atoms with Crippen LogP contribution < -0.4 is 10.2 Å². The summed E-state index contributed by atoms with van der Waals surface area (Å²) < 4.78 is 0. The molecule has 21 heavy (non-hydrogen) atoms. The van der Waals surface area contributed by atoms with Crippen molar-refractivity contribution in [3.63, 3.8) is 0 Å². The molecule has 1 heterocycles. The molecule has 5 nitrogen and oxygen atoms in total. The lowest BCUT2D eigenvalue weighted by Gasteiger charge is -2.31. The van der Waals surface area contributed by atoms with Crippen LogP contribution in [-0.2, 0) is 11.2 Å². The Hall–Kier alpha value is -2.04. The lowest BCUT2D eigenvalue weighted by Crippen LogP contribution is -2.47. The summed E-state index contributed by atoms with van der Waals surface area (Å²) in [5, 5.41) is 11.7. The molecule has 2 rings (SSSR count). The molecule has 1 aliphatic heterocycles. The average molecular weight is 290 g/mol. The average Bonchev–Trinajstić information content (AvgIpc) is 2.44. The molecule has 1 aliphatic rings. The number of carboxylic acid groups (broad SMARTS) is 1. The fourth-order valence-corrected chi connectivity index (χ4v) is 2.70. The Balaban J connectivity index is 2.12. The van der Waals surface area contributed by atoms with E-state index in [1.165, 1.54) is 11.1 Å². The fraction of sp³-hybridized carbons (Fsp3) is 0.500. The molecule has 1 aromatic carbocycles. The molecule has 0 saturated heterocycles. The summed E-state index contributed by atoms with van der Waals surface area (Å²) in [7, 11) is 0. The minimum Gasteiger partial charge on any atom is -0.481 e. The van der Waals surface area contributed by atoms with Gasteiger partial charge in [-0.05, 0) is 37.8 Å². The van der Waals surface area contributed by atoms with Gasteiger partial charge in [-0.2, -0.15) is 0 Å². The number of aliphatic carboxylic acids is 1. The third kappa shape index (κ3) is 3.74. The number of rotatable bonds is 4. The van der Waals surface area contributed by atoms with Crippen molar-refractivity contribution >= 4 is 17.7 Å². The summed E-state index contributed by atoms with van der Waals surface area (Å²) in [6.45, 7) is 4.59. The van der Waals surface area contributed by atoms with Gasteiger partial charge in [-0.15, -0.1) is 0 Å². The minimum absolute atomic E-state index is 0.0448. The normalized spacial score (nSPS) is 15.2. The van der Waals surface area contributed by atoms with Crippen LogP contribution in [0.25, 0.3) is 0 Å². The van der Waals surface area contributed by atoms with Crippen molar-refractivity contribution in [2.75, 3.05) is 11.4 Å². The number of anilines is 1. The molecule has 1 unspecified atom stereocenters. The number of nitrogens with one attached hydrogen (secondary N) is 1. The van der Waals surface area contributed by atoms with E-state index in [0.717, 1.165) is 18.5 Å². The first kappa shape index (κ1) is 15.4. The number of benzene rings is 1. The van der Waals surface area contributed by atoms with E-state index < -0.39 is 5.97 Å². The smallest absolute Gasteiger partial charge is 0.322 e. The van der Waals surface area contributed by atoms with Gasteiger partial charge >= 0.3 is 12.0 Å². The van der Waals surface area contributed by atoms with Gasteiger partial charge in [0, 0.05) is 18.3 Å². The third-order valence-corrected chi connectivity index (χ3v) is 3.84. The zero-order valence-electron chi connectivity index (χ0n) is 12.6. The highest BCUT2D eigenvalue weighted by Gasteiger charge is 2.24. The number of fused-ring (bicyclic) bond motifs is 1. The first-order valence-corrected chi connectivity index (χ1v) is 7.40. The molecule has 0 bridgehead atoms. The number of carbonyl (C=O) groups excluding carboxylic acids is 1. The highest BCUT2D eigenvalue weighted by molar-refractivity contribution is 5.93. The monoisotopic (exact) mass is 290 g/mol. The lowest BCUT2D eigenvalue weighted by molar-refractivity contribution is -0.137. The summed E-state index contributed by atoms with van der Waals surface area (Å²) in [4.78, 5) is 24.9. The highest BCUT2D eigenvalue weighted by Crippen LogP contribution is 2.28. The largest absolute Gasteiger partial charge is 0.481 e. The third-order valence-electron chi connectivity index (χ3n) is 3.84. The van der Waals surface area contributed by atoms with Crippen LogP contribution in [0, 0.1) is 6.92 Å². The molecule has 2 amide bonds. The van der Waals surface area contributed by atoms with Crippen LogP contribution in [0.2, 0.25) is 0 Å². The number of hydrogen-bond acceptors (Lipinski definition) is 2. The molecule has 5 heteroatoms. The quantitative estimate of drug-likeness (QED) is 0.895. The lowest BCUT2D eigenvalue weighted by atomic mass is 10.00. The zero-order valence-corrected chi connectivity index (χ0v) is 12.6. The second-order valence-electron chi connectivity index (χ2n) is 5.54. The van der Waals surface area contributed by atoms with Crippen molar-refractivity contribution in [1.29, 1.82) is 0 Å². The van der Waals surface area contributed by atoms with Gasteiger partial charge in [0.2, 0.25) is 0 Å². The fourth-order valence-electron chi connectivity index (χ4n) is 2.70. The molecule has 0 spiro atoms. The molecule has 0 aliphatic carbocycles. The van der Waals surface area contributed by atoms with Crippen molar-refractivity contribution in [2.45, 2.75) is 45.6 Å². The number of urea groups is 1. The van der Waals surface area contributed by atoms with Gasteiger partial charge in [0.05, 0.1) is 6.42 Å².